The van der Waals surface area contributed by atoms with E-state index in [1.54, 1.807) is 24.1 Å². The van der Waals surface area contributed by atoms with Crippen LogP contribution >= 0.6 is 11.9 Å². The summed E-state index contributed by atoms with van der Waals surface area (Å²) < 4.78 is 3.19. The molecule has 0 amide bonds. The quantitative estimate of drug-likeness (QED) is 0.609. The van der Waals surface area contributed by atoms with Crippen LogP contribution in [0.15, 0.2) is 59.5 Å². The topological polar surface area (TPSA) is 32.3 Å². The fourth-order valence-corrected chi connectivity index (χ4v) is 1.80. The van der Waals surface area contributed by atoms with Crippen LogP contribution in [-0.4, -0.2) is 5.11 Å². The average Bonchev–Trinajstić information content (AvgIpc) is 2.30. The van der Waals surface area contributed by atoms with Gasteiger partial charge in [-0.25, -0.2) is 0 Å². The normalized spacial score (nSPS) is 9.87. The minimum atomic E-state index is 0.283. The molecule has 0 radical (unpaired) electrons. The molecule has 2 aromatic rings. The van der Waals surface area contributed by atoms with Gasteiger partial charge in [0, 0.05) is 10.6 Å². The van der Waals surface area contributed by atoms with E-state index < -0.39 is 0 Å². The predicted molar refractivity (Wildman–Crippen MR) is 64.0 cm³/mol. The summed E-state index contributed by atoms with van der Waals surface area (Å²) >= 11 is 1.55. The molecule has 3 heteroatoms. The van der Waals surface area contributed by atoms with Crippen molar-refractivity contribution >= 4 is 17.6 Å². The van der Waals surface area contributed by atoms with Crippen molar-refractivity contribution in [2.75, 3.05) is 4.72 Å². The van der Waals surface area contributed by atoms with Crippen molar-refractivity contribution in [3.63, 3.8) is 0 Å². The smallest absolute Gasteiger partial charge is 0.115 e. The van der Waals surface area contributed by atoms with Crippen molar-refractivity contribution in [3.05, 3.63) is 54.6 Å². The maximum absolute atomic E-state index is 9.11. The maximum Gasteiger partial charge on any atom is 0.115 e. The van der Waals surface area contributed by atoms with Crippen LogP contribution in [-0.2, 0) is 0 Å². The second-order valence-corrected chi connectivity index (χ2v) is 3.94. The Hall–Kier alpha value is -1.61. The van der Waals surface area contributed by atoms with Gasteiger partial charge in [-0.1, -0.05) is 18.2 Å². The lowest BCUT2D eigenvalue weighted by Crippen LogP contribution is -1.85. The van der Waals surface area contributed by atoms with E-state index in [2.05, 4.69) is 4.72 Å². The van der Waals surface area contributed by atoms with Gasteiger partial charge in [0.05, 0.1) is 0 Å². The van der Waals surface area contributed by atoms with Crippen molar-refractivity contribution in [1.82, 2.24) is 0 Å². The first-order valence-electron chi connectivity index (χ1n) is 4.61. The summed E-state index contributed by atoms with van der Waals surface area (Å²) in [7, 11) is 0. The zero-order valence-corrected chi connectivity index (χ0v) is 8.87. The molecule has 0 aliphatic rings. The monoisotopic (exact) mass is 217 g/mol. The molecule has 0 aromatic heterocycles. The third-order valence-corrected chi connectivity index (χ3v) is 2.74. The van der Waals surface area contributed by atoms with Gasteiger partial charge >= 0.3 is 0 Å². The molecule has 0 aliphatic heterocycles. The number of hydrogen-bond donors (Lipinski definition) is 2. The Morgan fingerprint density at radius 1 is 0.867 bits per heavy atom. The Balaban J connectivity index is 1.96. The fraction of sp³-hybridized carbons (Fsp3) is 0. The molecule has 0 aliphatic carbocycles. The Kier molecular flexibility index (Phi) is 3.15. The van der Waals surface area contributed by atoms with E-state index in [9.17, 15) is 0 Å². The molecular weight excluding hydrogens is 206 g/mol. The molecule has 0 fully saturated rings. The number of nitrogens with one attached hydrogen (secondary N) is 1. The lowest BCUT2D eigenvalue weighted by atomic mass is 10.3. The summed E-state index contributed by atoms with van der Waals surface area (Å²) in [5.41, 5.74) is 0.974. The van der Waals surface area contributed by atoms with E-state index in [4.69, 9.17) is 5.11 Å². The summed E-state index contributed by atoms with van der Waals surface area (Å²) in [6.45, 7) is 0. The number of anilines is 1. The van der Waals surface area contributed by atoms with Gasteiger partial charge in [0.1, 0.15) is 5.75 Å². The van der Waals surface area contributed by atoms with Crippen LogP contribution in [0, 0.1) is 0 Å². The maximum atomic E-state index is 9.11. The van der Waals surface area contributed by atoms with Gasteiger partial charge in [-0.2, -0.15) is 0 Å². The van der Waals surface area contributed by atoms with E-state index in [-0.39, 0.29) is 5.75 Å². The molecule has 2 rings (SSSR count). The molecule has 0 heterocycles. The highest BCUT2D eigenvalue weighted by molar-refractivity contribution is 8.00. The van der Waals surface area contributed by atoms with Crippen LogP contribution in [0.5, 0.6) is 5.75 Å². The molecule has 0 bridgehead atoms. The predicted octanol–water partition coefficient (Wildman–Crippen LogP) is 3.51. The highest BCUT2D eigenvalue weighted by Crippen LogP contribution is 2.21. The van der Waals surface area contributed by atoms with E-state index in [0.29, 0.717) is 0 Å². The summed E-state index contributed by atoms with van der Waals surface area (Å²) in [6.07, 6.45) is 0. The molecule has 2 aromatic carbocycles. The molecule has 0 saturated carbocycles. The van der Waals surface area contributed by atoms with Gasteiger partial charge in [0.25, 0.3) is 0 Å². The molecular formula is C12H11NOS. The van der Waals surface area contributed by atoms with Crippen molar-refractivity contribution in [2.24, 2.45) is 0 Å². The van der Waals surface area contributed by atoms with E-state index in [1.807, 2.05) is 42.5 Å². The van der Waals surface area contributed by atoms with Crippen LogP contribution < -0.4 is 4.72 Å². The Bertz CT molecular complexity index is 413. The summed E-state index contributed by atoms with van der Waals surface area (Å²) in [4.78, 5) is 1.16. The van der Waals surface area contributed by atoms with Gasteiger partial charge in [-0.3, -0.25) is 0 Å². The highest BCUT2D eigenvalue weighted by atomic mass is 32.2. The van der Waals surface area contributed by atoms with E-state index in [0.717, 1.165) is 10.6 Å². The lowest BCUT2D eigenvalue weighted by molar-refractivity contribution is 0.475. The first kappa shape index (κ1) is 9.93. The number of benzene rings is 2. The number of phenols is 1. The zero-order valence-electron chi connectivity index (χ0n) is 8.05. The van der Waals surface area contributed by atoms with Gasteiger partial charge in [-0.05, 0) is 48.3 Å². The number of aromatic hydroxyl groups is 1. The molecule has 76 valence electrons. The second-order valence-electron chi connectivity index (χ2n) is 3.06. The van der Waals surface area contributed by atoms with Crippen molar-refractivity contribution < 1.29 is 5.11 Å². The van der Waals surface area contributed by atoms with Crippen molar-refractivity contribution in [3.8, 4) is 5.75 Å². The average molecular weight is 217 g/mol. The van der Waals surface area contributed by atoms with Crippen LogP contribution in [0.3, 0.4) is 0 Å². The molecule has 0 spiro atoms. The van der Waals surface area contributed by atoms with E-state index in [1.165, 1.54) is 0 Å². The first-order valence-corrected chi connectivity index (χ1v) is 5.43. The standard InChI is InChI=1S/C12H11NOS/c14-11-8-6-10(7-9-11)13-15-12-4-2-1-3-5-12/h1-9,13-14H. The SMILES string of the molecule is Oc1ccc(NSc2ccccc2)cc1. The zero-order chi connectivity index (χ0) is 10.5. The van der Waals surface area contributed by atoms with E-state index >= 15 is 0 Å². The Morgan fingerprint density at radius 3 is 2.20 bits per heavy atom. The fourth-order valence-electron chi connectivity index (χ4n) is 1.14. The molecule has 0 atom stereocenters. The summed E-state index contributed by atoms with van der Waals surface area (Å²) in [5.74, 6) is 0.283. The second kappa shape index (κ2) is 4.75. The number of phenolic OH excluding ortho intramolecular Hbond substituents is 1. The largest absolute Gasteiger partial charge is 0.508 e. The minimum Gasteiger partial charge on any atom is -0.508 e. The molecule has 0 saturated heterocycles. The third-order valence-electron chi connectivity index (χ3n) is 1.90. The first-order chi connectivity index (χ1) is 7.34. The van der Waals surface area contributed by atoms with Crippen LogP contribution in [0.25, 0.3) is 0 Å². The van der Waals surface area contributed by atoms with Crippen LogP contribution in [0.4, 0.5) is 5.69 Å². The molecule has 2 N–H and O–H groups in total. The number of rotatable bonds is 3. The summed E-state index contributed by atoms with van der Waals surface area (Å²) in [6, 6.07) is 17.1. The van der Waals surface area contributed by atoms with Gasteiger partial charge in [0.15, 0.2) is 0 Å². The van der Waals surface area contributed by atoms with Crippen LogP contribution in [0.2, 0.25) is 0 Å². The Morgan fingerprint density at radius 2 is 1.53 bits per heavy atom. The molecule has 15 heavy (non-hydrogen) atoms. The van der Waals surface area contributed by atoms with Gasteiger partial charge in [-0.15, -0.1) is 0 Å². The third kappa shape index (κ3) is 2.92. The number of hydrogen-bond acceptors (Lipinski definition) is 3. The van der Waals surface area contributed by atoms with Gasteiger partial charge < -0.3 is 9.83 Å². The van der Waals surface area contributed by atoms with Crippen LogP contribution in [0.1, 0.15) is 0 Å². The van der Waals surface area contributed by atoms with Crippen molar-refractivity contribution in [1.29, 1.82) is 0 Å². The van der Waals surface area contributed by atoms with Gasteiger partial charge in [0.2, 0.25) is 0 Å². The molecule has 2 nitrogen and oxygen atoms in total. The van der Waals surface area contributed by atoms with Crippen molar-refractivity contribution in [2.45, 2.75) is 4.90 Å². The molecule has 0 unspecified atom stereocenters. The highest BCUT2D eigenvalue weighted by Gasteiger charge is 1.94. The minimum absolute atomic E-state index is 0.283. The summed E-state index contributed by atoms with van der Waals surface area (Å²) in [5, 5.41) is 9.11. The lowest BCUT2D eigenvalue weighted by Gasteiger charge is -2.04. The Labute approximate surface area is 93.1 Å².